The lowest BCUT2D eigenvalue weighted by atomic mass is 9.96. The van der Waals surface area contributed by atoms with Crippen molar-refractivity contribution < 1.29 is 58.9 Å². The van der Waals surface area contributed by atoms with Gasteiger partial charge >= 0.3 is 30.0 Å². The van der Waals surface area contributed by atoms with Crippen LogP contribution in [0.1, 0.15) is 48.5 Å². The number of methoxy groups -OCH3 is 1. The summed E-state index contributed by atoms with van der Waals surface area (Å²) >= 11 is 0. The molecule has 31 heavy (non-hydrogen) atoms. The Balaban J connectivity index is 5.68. The van der Waals surface area contributed by atoms with Gasteiger partial charge in [0, 0.05) is 7.11 Å². The number of ether oxygens (including phenoxy) is 4. The first-order valence-corrected chi connectivity index (χ1v) is 8.93. The predicted octanol–water partition coefficient (Wildman–Crippen LogP) is 5.27. The van der Waals surface area contributed by atoms with Crippen molar-refractivity contribution in [2.45, 2.75) is 83.7 Å². The molecule has 0 aliphatic carbocycles. The number of rotatable bonds is 11. The van der Waals surface area contributed by atoms with Crippen LogP contribution in [0, 0.1) is 5.41 Å². The van der Waals surface area contributed by atoms with Crippen molar-refractivity contribution >= 4 is 5.97 Å². The Hall–Kier alpha value is -1.21. The van der Waals surface area contributed by atoms with E-state index in [2.05, 4.69) is 18.9 Å². The maximum Gasteiger partial charge on any atom is 0.423 e. The highest BCUT2D eigenvalue weighted by atomic mass is 19.3. The van der Waals surface area contributed by atoms with Crippen LogP contribution in [0.2, 0.25) is 0 Å². The fraction of sp³-hybridized carbons (Fsp3) is 0.944. The summed E-state index contributed by atoms with van der Waals surface area (Å²) in [6, 6.07) is 0. The van der Waals surface area contributed by atoms with Crippen molar-refractivity contribution in [1.82, 2.24) is 0 Å². The van der Waals surface area contributed by atoms with Crippen LogP contribution in [-0.2, 0) is 23.7 Å². The Labute approximate surface area is 175 Å². The number of halogens is 8. The lowest BCUT2D eigenvalue weighted by Crippen LogP contribution is -2.64. The highest BCUT2D eigenvalue weighted by Crippen LogP contribution is 2.50. The minimum absolute atomic E-state index is 0.212. The van der Waals surface area contributed by atoms with Gasteiger partial charge in [-0.05, 0) is 48.5 Å². The Kier molecular flexibility index (Phi) is 8.62. The highest BCUT2D eigenvalue weighted by Gasteiger charge is 2.72. The van der Waals surface area contributed by atoms with Crippen molar-refractivity contribution in [2.24, 2.45) is 5.41 Å². The lowest BCUT2D eigenvalue weighted by molar-refractivity contribution is -0.446. The van der Waals surface area contributed by atoms with Gasteiger partial charge in [0.15, 0.2) is 6.61 Å². The van der Waals surface area contributed by atoms with Gasteiger partial charge in [0.25, 0.3) is 0 Å². The summed E-state index contributed by atoms with van der Waals surface area (Å²) in [7, 11) is 0.789. The molecule has 0 bridgehead atoms. The zero-order chi connectivity index (χ0) is 25.3. The minimum Gasteiger partial charge on any atom is -0.459 e. The maximum absolute atomic E-state index is 14.4. The van der Waals surface area contributed by atoms with Crippen LogP contribution in [0.15, 0.2) is 0 Å². The Morgan fingerprint density at radius 2 is 1.16 bits per heavy atom. The van der Waals surface area contributed by atoms with E-state index >= 15 is 0 Å². The normalized spacial score (nSPS) is 15.2. The molecule has 0 N–H and O–H groups in total. The van der Waals surface area contributed by atoms with Crippen molar-refractivity contribution in [3.05, 3.63) is 0 Å². The molecule has 0 saturated carbocycles. The molecule has 0 heterocycles. The van der Waals surface area contributed by atoms with Crippen molar-refractivity contribution in [3.8, 4) is 0 Å². The summed E-state index contributed by atoms with van der Waals surface area (Å²) in [5.74, 6) is -11.0. The molecule has 0 amide bonds. The number of carbonyl (C=O) groups excluding carboxylic acids is 1. The van der Waals surface area contributed by atoms with E-state index in [0.29, 0.717) is 13.8 Å². The molecule has 0 aromatic carbocycles. The quantitative estimate of drug-likeness (QED) is 0.301. The Morgan fingerprint density at radius 3 is 1.55 bits per heavy atom. The molecule has 5 nitrogen and oxygen atoms in total. The fourth-order valence-electron chi connectivity index (χ4n) is 1.99. The predicted molar refractivity (Wildman–Crippen MR) is 92.4 cm³/mol. The van der Waals surface area contributed by atoms with Crippen LogP contribution >= 0.6 is 0 Å². The zero-order valence-corrected chi connectivity index (χ0v) is 18.5. The van der Waals surface area contributed by atoms with E-state index in [-0.39, 0.29) is 13.8 Å². The van der Waals surface area contributed by atoms with E-state index in [9.17, 15) is 39.9 Å². The molecule has 0 atom stereocenters. The third kappa shape index (κ3) is 7.14. The third-order valence-corrected chi connectivity index (χ3v) is 4.10. The van der Waals surface area contributed by atoms with Gasteiger partial charge in [0.05, 0.1) is 5.41 Å². The van der Waals surface area contributed by atoms with Gasteiger partial charge in [-0.15, -0.1) is 0 Å². The van der Waals surface area contributed by atoms with Gasteiger partial charge < -0.3 is 18.9 Å². The molecule has 0 aliphatic heterocycles. The van der Waals surface area contributed by atoms with Crippen molar-refractivity contribution in [1.29, 1.82) is 0 Å². The van der Waals surface area contributed by atoms with Gasteiger partial charge in [-0.25, -0.2) is 0 Å². The van der Waals surface area contributed by atoms with E-state index in [0.717, 1.165) is 7.11 Å². The van der Waals surface area contributed by atoms with Crippen LogP contribution in [-0.4, -0.2) is 61.6 Å². The first-order chi connectivity index (χ1) is 13.4. The fourth-order valence-corrected chi connectivity index (χ4v) is 1.99. The van der Waals surface area contributed by atoms with E-state index in [1.165, 1.54) is 20.8 Å². The standard InChI is InChI=1S/C18H28F8O5/c1-12(2,3)11(27)29-9-15(19,20)13(4,5)31-18(25,26)17(23,24)14(6,7)30-16(21,22)10-28-8/h9-10H2,1-8H3. The molecule has 0 aromatic heterocycles. The number of esters is 1. The van der Waals surface area contributed by atoms with Crippen LogP contribution in [0.5, 0.6) is 0 Å². The summed E-state index contributed by atoms with van der Waals surface area (Å²) in [5.41, 5.74) is -8.10. The zero-order valence-electron chi connectivity index (χ0n) is 18.5. The second kappa shape index (κ2) is 8.97. The van der Waals surface area contributed by atoms with E-state index < -0.39 is 59.9 Å². The summed E-state index contributed by atoms with van der Waals surface area (Å²) in [5, 5.41) is 0. The largest absolute Gasteiger partial charge is 0.459 e. The maximum atomic E-state index is 14.4. The summed E-state index contributed by atoms with van der Waals surface area (Å²) in [4.78, 5) is 11.6. The number of hydrogen-bond acceptors (Lipinski definition) is 5. The molecule has 0 radical (unpaired) electrons. The molecular weight excluding hydrogens is 448 g/mol. The first kappa shape index (κ1) is 29.8. The molecular formula is C18H28F8O5. The van der Waals surface area contributed by atoms with Gasteiger partial charge in [-0.1, -0.05) is 0 Å². The lowest BCUT2D eigenvalue weighted by Gasteiger charge is -2.43. The second-order valence-corrected chi connectivity index (χ2v) is 8.92. The molecule has 13 heteroatoms. The van der Waals surface area contributed by atoms with Gasteiger partial charge in [0.2, 0.25) is 0 Å². The summed E-state index contributed by atoms with van der Waals surface area (Å²) in [6.45, 7) is 1.88. The first-order valence-electron chi connectivity index (χ1n) is 8.93. The molecule has 0 aromatic rings. The van der Waals surface area contributed by atoms with E-state index in [4.69, 9.17) is 0 Å². The highest BCUT2D eigenvalue weighted by molar-refractivity contribution is 5.75. The number of carbonyl (C=O) groups is 1. The topological polar surface area (TPSA) is 54.0 Å². The number of alkyl halides is 8. The molecule has 0 aliphatic rings. The average Bonchev–Trinajstić information content (AvgIpc) is 2.48. The van der Waals surface area contributed by atoms with Crippen molar-refractivity contribution in [3.63, 3.8) is 0 Å². The van der Waals surface area contributed by atoms with Crippen LogP contribution in [0.25, 0.3) is 0 Å². The van der Waals surface area contributed by atoms with E-state index in [1.807, 2.05) is 0 Å². The van der Waals surface area contributed by atoms with E-state index in [1.54, 1.807) is 0 Å². The molecule has 0 fully saturated rings. The second-order valence-electron chi connectivity index (χ2n) is 8.92. The number of hydrogen-bond donors (Lipinski definition) is 0. The van der Waals surface area contributed by atoms with Crippen LogP contribution in [0.3, 0.4) is 0 Å². The smallest absolute Gasteiger partial charge is 0.423 e. The van der Waals surface area contributed by atoms with Crippen LogP contribution in [0.4, 0.5) is 35.1 Å². The molecule has 0 rings (SSSR count). The Morgan fingerprint density at radius 1 is 0.710 bits per heavy atom. The van der Waals surface area contributed by atoms with Gasteiger partial charge in [-0.2, -0.15) is 35.1 Å². The van der Waals surface area contributed by atoms with Gasteiger partial charge in [-0.3, -0.25) is 4.79 Å². The average molecular weight is 476 g/mol. The summed E-state index contributed by atoms with van der Waals surface area (Å²) < 4.78 is 129. The minimum atomic E-state index is -5.69. The van der Waals surface area contributed by atoms with Gasteiger partial charge in [0.1, 0.15) is 17.8 Å². The van der Waals surface area contributed by atoms with Crippen LogP contribution < -0.4 is 0 Å². The molecule has 186 valence electrons. The molecule has 0 saturated heterocycles. The van der Waals surface area contributed by atoms with Crippen molar-refractivity contribution in [2.75, 3.05) is 20.3 Å². The molecule has 0 unspecified atom stereocenters. The monoisotopic (exact) mass is 476 g/mol. The SMILES string of the molecule is COCC(F)(F)OC(C)(C)C(F)(F)C(F)(F)OC(C)(C)C(F)(F)COC(=O)C(C)(C)C. The Bertz CT molecular complexity index is 627. The third-order valence-electron chi connectivity index (χ3n) is 4.10. The molecule has 0 spiro atoms. The summed E-state index contributed by atoms with van der Waals surface area (Å²) in [6.07, 6.45) is -10.1.